The van der Waals surface area contributed by atoms with Crippen LogP contribution in [0.1, 0.15) is 44.6 Å². The zero-order valence-corrected chi connectivity index (χ0v) is 18.1. The fourth-order valence-electron chi connectivity index (χ4n) is 4.71. The number of imidazole rings is 1. The second-order valence-corrected chi connectivity index (χ2v) is 8.36. The van der Waals surface area contributed by atoms with Crippen molar-refractivity contribution in [3.63, 3.8) is 0 Å². The highest BCUT2D eigenvalue weighted by molar-refractivity contribution is 6.07. The van der Waals surface area contributed by atoms with Gasteiger partial charge in [-0.1, -0.05) is 49.6 Å². The molecule has 0 unspecified atom stereocenters. The third-order valence-corrected chi connectivity index (χ3v) is 6.20. The smallest absolute Gasteiger partial charge is 0.140 e. The van der Waals surface area contributed by atoms with Crippen molar-refractivity contribution in [2.45, 2.75) is 51.7 Å². The van der Waals surface area contributed by atoms with Crippen molar-refractivity contribution < 1.29 is 4.74 Å². The van der Waals surface area contributed by atoms with Gasteiger partial charge in [-0.3, -0.25) is 0 Å². The number of ether oxygens (including phenoxy) is 1. The third-order valence-electron chi connectivity index (χ3n) is 6.20. The van der Waals surface area contributed by atoms with Gasteiger partial charge < -0.3 is 20.0 Å². The second kappa shape index (κ2) is 8.98. The molecule has 31 heavy (non-hydrogen) atoms. The topological polar surface area (TPSA) is 65.7 Å². The fourth-order valence-corrected chi connectivity index (χ4v) is 4.71. The molecule has 0 bridgehead atoms. The van der Waals surface area contributed by atoms with E-state index in [-0.39, 0.29) is 0 Å². The first-order valence-corrected chi connectivity index (χ1v) is 11.4. The largest absolute Gasteiger partial charge is 0.381 e. The van der Waals surface area contributed by atoms with Gasteiger partial charge in [0.15, 0.2) is 0 Å². The third kappa shape index (κ3) is 4.10. The average Bonchev–Trinajstić information content (AvgIpc) is 3.47. The Balaban J connectivity index is 1.70. The zero-order chi connectivity index (χ0) is 21.0. The maximum Gasteiger partial charge on any atom is 0.140 e. The summed E-state index contributed by atoms with van der Waals surface area (Å²) in [5.41, 5.74) is 6.83. The minimum Gasteiger partial charge on any atom is -0.381 e. The van der Waals surface area contributed by atoms with Gasteiger partial charge in [-0.15, -0.1) is 0 Å². The lowest BCUT2D eigenvalue weighted by molar-refractivity contribution is 0.134. The van der Waals surface area contributed by atoms with Crippen molar-refractivity contribution in [3.8, 4) is 22.6 Å². The molecule has 0 spiro atoms. The number of nitrogens with zero attached hydrogens (tertiary/aromatic N) is 1. The molecule has 1 fully saturated rings. The van der Waals surface area contributed by atoms with Crippen LogP contribution in [0.4, 0.5) is 5.69 Å². The summed E-state index contributed by atoms with van der Waals surface area (Å²) < 4.78 is 5.77. The molecule has 4 aromatic rings. The van der Waals surface area contributed by atoms with Gasteiger partial charge in [0.1, 0.15) is 5.82 Å². The summed E-state index contributed by atoms with van der Waals surface area (Å²) in [6.45, 7) is 3.35. The Hall–Kier alpha value is -3.05. The number of anilines is 1. The van der Waals surface area contributed by atoms with Crippen LogP contribution in [0.25, 0.3) is 33.5 Å². The van der Waals surface area contributed by atoms with Gasteiger partial charge in [-0.2, -0.15) is 0 Å². The van der Waals surface area contributed by atoms with E-state index in [0.717, 1.165) is 33.8 Å². The van der Waals surface area contributed by atoms with E-state index in [4.69, 9.17) is 4.74 Å². The Labute approximate surface area is 183 Å². The Morgan fingerprint density at radius 2 is 1.94 bits per heavy atom. The van der Waals surface area contributed by atoms with Crippen LogP contribution < -0.4 is 5.32 Å². The molecule has 0 aliphatic heterocycles. The maximum absolute atomic E-state index is 5.77. The van der Waals surface area contributed by atoms with Crippen LogP contribution in [0.5, 0.6) is 0 Å². The summed E-state index contributed by atoms with van der Waals surface area (Å²) in [6.07, 6.45) is 10.1. The van der Waals surface area contributed by atoms with Crippen molar-refractivity contribution in [1.29, 1.82) is 0 Å². The predicted octanol–water partition coefficient (Wildman–Crippen LogP) is 6.51. The number of nitrogens with one attached hydrogen (secondary N) is 3. The lowest BCUT2D eigenvalue weighted by Crippen LogP contribution is -2.22. The first kappa shape index (κ1) is 19.9. The molecule has 2 aromatic heterocycles. The SMILES string of the molecule is CCOCc1cc(NC2CCCCC2)c2[nH]c(-c3ccccc3)c(-c3ncc[nH]3)c2c1. The molecule has 3 N–H and O–H groups in total. The van der Waals surface area contributed by atoms with E-state index in [2.05, 4.69) is 62.7 Å². The first-order valence-electron chi connectivity index (χ1n) is 11.4. The molecule has 1 aliphatic carbocycles. The van der Waals surface area contributed by atoms with E-state index in [9.17, 15) is 0 Å². The highest BCUT2D eigenvalue weighted by Crippen LogP contribution is 2.40. The van der Waals surface area contributed by atoms with Crippen LogP contribution in [0.3, 0.4) is 0 Å². The van der Waals surface area contributed by atoms with Gasteiger partial charge in [-0.25, -0.2) is 4.98 Å². The lowest BCUT2D eigenvalue weighted by atomic mass is 9.95. The lowest BCUT2D eigenvalue weighted by Gasteiger charge is -2.24. The normalized spacial score (nSPS) is 14.9. The van der Waals surface area contributed by atoms with E-state index < -0.39 is 0 Å². The molecule has 160 valence electrons. The van der Waals surface area contributed by atoms with Crippen LogP contribution in [-0.2, 0) is 11.3 Å². The summed E-state index contributed by atoms with van der Waals surface area (Å²) in [5, 5.41) is 5.03. The van der Waals surface area contributed by atoms with Crippen molar-refractivity contribution in [3.05, 3.63) is 60.4 Å². The van der Waals surface area contributed by atoms with Gasteiger partial charge in [0.25, 0.3) is 0 Å². The summed E-state index contributed by atoms with van der Waals surface area (Å²) in [6, 6.07) is 15.5. The quantitative estimate of drug-likeness (QED) is 0.323. The van der Waals surface area contributed by atoms with Crippen LogP contribution in [-0.4, -0.2) is 27.6 Å². The standard InChI is InChI=1S/C26H30N4O/c1-2-31-17-18-15-21-23(26-27-13-14-28-26)24(19-9-5-3-6-10-19)30-25(21)22(16-18)29-20-11-7-4-8-12-20/h3,5-6,9-10,13-16,20,29-30H,2,4,7-8,11-12,17H2,1H3,(H,27,28). The number of hydrogen-bond donors (Lipinski definition) is 3. The molecule has 0 radical (unpaired) electrons. The number of fused-ring (bicyclic) bond motifs is 1. The average molecular weight is 415 g/mol. The number of hydrogen-bond acceptors (Lipinski definition) is 3. The molecule has 2 aromatic carbocycles. The van der Waals surface area contributed by atoms with Crippen LogP contribution in [0.2, 0.25) is 0 Å². The van der Waals surface area contributed by atoms with E-state index in [0.29, 0.717) is 19.3 Å². The Kier molecular flexibility index (Phi) is 5.76. The summed E-state index contributed by atoms with van der Waals surface area (Å²) in [5.74, 6) is 0.877. The highest BCUT2D eigenvalue weighted by Gasteiger charge is 2.21. The number of aromatic amines is 2. The first-order chi connectivity index (χ1) is 15.3. The molecule has 5 heteroatoms. The van der Waals surface area contributed by atoms with Crippen LogP contribution in [0, 0.1) is 0 Å². The van der Waals surface area contributed by atoms with Gasteiger partial charge in [0.2, 0.25) is 0 Å². The van der Waals surface area contributed by atoms with Crippen molar-refractivity contribution in [2.75, 3.05) is 11.9 Å². The van der Waals surface area contributed by atoms with Gasteiger partial charge in [0.05, 0.1) is 29.1 Å². The monoisotopic (exact) mass is 414 g/mol. The molecule has 0 saturated heterocycles. The van der Waals surface area contributed by atoms with Crippen molar-refractivity contribution >= 4 is 16.6 Å². The number of benzene rings is 2. The van der Waals surface area contributed by atoms with E-state index in [1.54, 1.807) is 0 Å². The molecule has 5 nitrogen and oxygen atoms in total. The van der Waals surface area contributed by atoms with E-state index in [1.165, 1.54) is 43.1 Å². The zero-order valence-electron chi connectivity index (χ0n) is 18.1. The van der Waals surface area contributed by atoms with Gasteiger partial charge in [0, 0.05) is 30.4 Å². The Bertz CT molecular complexity index is 1130. The minimum absolute atomic E-state index is 0.523. The van der Waals surface area contributed by atoms with Gasteiger partial charge >= 0.3 is 0 Å². The molecule has 1 saturated carbocycles. The predicted molar refractivity (Wildman–Crippen MR) is 127 cm³/mol. The highest BCUT2D eigenvalue weighted by atomic mass is 16.5. The van der Waals surface area contributed by atoms with Crippen molar-refractivity contribution in [2.24, 2.45) is 0 Å². The van der Waals surface area contributed by atoms with Gasteiger partial charge in [-0.05, 0) is 43.0 Å². The second-order valence-electron chi connectivity index (χ2n) is 8.36. The van der Waals surface area contributed by atoms with Crippen LogP contribution in [0.15, 0.2) is 54.9 Å². The summed E-state index contributed by atoms with van der Waals surface area (Å²) >= 11 is 0. The van der Waals surface area contributed by atoms with E-state index >= 15 is 0 Å². The Morgan fingerprint density at radius 3 is 2.68 bits per heavy atom. The number of H-pyrrole nitrogens is 2. The summed E-state index contributed by atoms with van der Waals surface area (Å²) in [4.78, 5) is 11.7. The molecule has 0 atom stereocenters. The Morgan fingerprint density at radius 1 is 1.10 bits per heavy atom. The summed E-state index contributed by atoms with van der Waals surface area (Å²) in [7, 11) is 0. The van der Waals surface area contributed by atoms with Crippen molar-refractivity contribution in [1.82, 2.24) is 15.0 Å². The number of rotatable bonds is 7. The molecule has 2 heterocycles. The molecular weight excluding hydrogens is 384 g/mol. The number of aromatic nitrogens is 3. The maximum atomic E-state index is 5.77. The molecule has 0 amide bonds. The fraction of sp³-hybridized carbons (Fsp3) is 0.346. The molecule has 5 rings (SSSR count). The molecule has 1 aliphatic rings. The van der Waals surface area contributed by atoms with E-state index in [1.807, 2.05) is 19.3 Å². The minimum atomic E-state index is 0.523. The molecular formula is C26H30N4O. The van der Waals surface area contributed by atoms with Crippen LogP contribution >= 0.6 is 0 Å².